The van der Waals surface area contributed by atoms with Gasteiger partial charge in [0.15, 0.2) is 0 Å². The van der Waals surface area contributed by atoms with Crippen molar-refractivity contribution in [3.05, 3.63) is 5.82 Å². The third kappa shape index (κ3) is 2.97. The van der Waals surface area contributed by atoms with E-state index in [0.717, 1.165) is 43.5 Å². The average Bonchev–Trinajstić information content (AvgIpc) is 3.10. The second kappa shape index (κ2) is 6.12. The van der Waals surface area contributed by atoms with Crippen molar-refractivity contribution < 1.29 is 0 Å². The topological polar surface area (TPSA) is 70.8 Å². The first-order valence-corrected chi connectivity index (χ1v) is 8.17. The Morgan fingerprint density at radius 3 is 2.85 bits per heavy atom. The molecular weight excluding hydrogens is 250 g/mol. The quantitative estimate of drug-likeness (QED) is 0.885. The molecule has 2 fully saturated rings. The first kappa shape index (κ1) is 13.9. The third-order valence-electron chi connectivity index (χ3n) is 5.09. The number of hydrogen-bond acceptors (Lipinski definition) is 4. The van der Waals surface area contributed by atoms with Crippen molar-refractivity contribution in [1.82, 2.24) is 15.2 Å². The second-order valence-electron chi connectivity index (χ2n) is 6.51. The molecule has 0 aromatic carbocycles. The van der Waals surface area contributed by atoms with Crippen molar-refractivity contribution in [2.24, 2.45) is 11.7 Å². The highest BCUT2D eigenvalue weighted by molar-refractivity contribution is 5.32. The van der Waals surface area contributed by atoms with Crippen molar-refractivity contribution >= 4 is 5.95 Å². The molecule has 1 aliphatic heterocycles. The molecule has 1 aromatic heterocycles. The maximum Gasteiger partial charge on any atom is 0.244 e. The zero-order valence-corrected chi connectivity index (χ0v) is 12.5. The first-order chi connectivity index (χ1) is 9.74. The number of nitrogens with two attached hydrogens (primary N) is 1. The maximum atomic E-state index is 6.15. The van der Waals surface area contributed by atoms with Crippen LogP contribution in [0.4, 0.5) is 5.95 Å². The van der Waals surface area contributed by atoms with Crippen molar-refractivity contribution in [3.8, 4) is 0 Å². The molecule has 1 aliphatic carbocycles. The Balaban J connectivity index is 1.58. The minimum absolute atomic E-state index is 0.240. The highest BCUT2D eigenvalue weighted by Crippen LogP contribution is 2.28. The summed E-state index contributed by atoms with van der Waals surface area (Å²) in [4.78, 5) is 6.94. The lowest BCUT2D eigenvalue weighted by molar-refractivity contribution is 0.415. The summed E-state index contributed by atoms with van der Waals surface area (Å²) in [5, 5.41) is 7.52. The number of piperidine rings is 1. The number of H-pyrrole nitrogens is 1. The van der Waals surface area contributed by atoms with Gasteiger partial charge in [0, 0.05) is 25.0 Å². The molecular formula is C15H27N5. The summed E-state index contributed by atoms with van der Waals surface area (Å²) in [5.74, 6) is 2.79. The molecule has 5 heteroatoms. The highest BCUT2D eigenvalue weighted by atomic mass is 15.4. The largest absolute Gasteiger partial charge is 0.335 e. The predicted octanol–water partition coefficient (Wildman–Crippen LogP) is 2.24. The van der Waals surface area contributed by atoms with Crippen LogP contribution in [0.15, 0.2) is 0 Å². The maximum absolute atomic E-state index is 6.15. The van der Waals surface area contributed by atoms with Gasteiger partial charge >= 0.3 is 0 Å². The van der Waals surface area contributed by atoms with Crippen molar-refractivity contribution in [3.63, 3.8) is 0 Å². The Morgan fingerprint density at radius 1 is 1.25 bits per heavy atom. The molecule has 3 N–H and O–H groups in total. The summed E-state index contributed by atoms with van der Waals surface area (Å²) in [5.41, 5.74) is 6.15. The van der Waals surface area contributed by atoms with Crippen molar-refractivity contribution in [2.75, 3.05) is 11.4 Å². The molecule has 0 spiro atoms. The minimum Gasteiger partial charge on any atom is -0.335 e. The standard InChI is InChI=1S/C15H27N5/c1-11-13(16)7-4-10-20(11)15-17-14(18-19-15)9-8-12-5-2-3-6-12/h11-13H,2-10,16H2,1H3,(H,17,18,19). The van der Waals surface area contributed by atoms with E-state index < -0.39 is 0 Å². The molecule has 1 saturated carbocycles. The number of aromatic amines is 1. The van der Waals surface area contributed by atoms with Gasteiger partial charge in [-0.25, -0.2) is 0 Å². The summed E-state index contributed by atoms with van der Waals surface area (Å²) in [6, 6.07) is 0.575. The summed E-state index contributed by atoms with van der Waals surface area (Å²) in [6.45, 7) is 3.20. The van der Waals surface area contributed by atoms with Crippen molar-refractivity contribution in [1.29, 1.82) is 0 Å². The number of rotatable bonds is 4. The van der Waals surface area contributed by atoms with Crippen LogP contribution in [0.1, 0.15) is 57.7 Å². The SMILES string of the molecule is CC1C(N)CCCN1c1n[nH]c(CCC2CCCC2)n1. The summed E-state index contributed by atoms with van der Waals surface area (Å²) >= 11 is 0. The summed E-state index contributed by atoms with van der Waals surface area (Å²) in [6.07, 6.45) is 10.2. The molecule has 0 bridgehead atoms. The lowest BCUT2D eigenvalue weighted by Crippen LogP contribution is -2.50. The molecule has 3 rings (SSSR count). The van der Waals surface area contributed by atoms with Crippen LogP contribution in [0.2, 0.25) is 0 Å². The normalized spacial score (nSPS) is 28.2. The molecule has 0 radical (unpaired) electrons. The summed E-state index contributed by atoms with van der Waals surface area (Å²) in [7, 11) is 0. The van der Waals surface area contributed by atoms with Crippen LogP contribution in [-0.2, 0) is 6.42 Å². The van der Waals surface area contributed by atoms with E-state index in [9.17, 15) is 0 Å². The van der Waals surface area contributed by atoms with Crippen LogP contribution >= 0.6 is 0 Å². The molecule has 20 heavy (non-hydrogen) atoms. The number of anilines is 1. The van der Waals surface area contributed by atoms with E-state index in [4.69, 9.17) is 5.73 Å². The number of nitrogens with one attached hydrogen (secondary N) is 1. The van der Waals surface area contributed by atoms with E-state index in [1.54, 1.807) is 0 Å². The van der Waals surface area contributed by atoms with E-state index in [1.165, 1.54) is 32.1 Å². The molecule has 1 aromatic rings. The Hall–Kier alpha value is -1.10. The second-order valence-corrected chi connectivity index (χ2v) is 6.51. The average molecular weight is 277 g/mol. The van der Waals surface area contributed by atoms with Gasteiger partial charge in [0.25, 0.3) is 0 Å². The van der Waals surface area contributed by atoms with Gasteiger partial charge in [0.2, 0.25) is 5.95 Å². The van der Waals surface area contributed by atoms with Gasteiger partial charge in [-0.1, -0.05) is 25.7 Å². The molecule has 0 amide bonds. The van der Waals surface area contributed by atoms with Gasteiger partial charge in [0.05, 0.1) is 0 Å². The number of aromatic nitrogens is 3. The van der Waals surface area contributed by atoms with Crippen LogP contribution in [-0.4, -0.2) is 33.8 Å². The Kier molecular flexibility index (Phi) is 4.24. The number of nitrogens with zero attached hydrogens (tertiary/aromatic N) is 3. The number of hydrogen-bond donors (Lipinski definition) is 2. The van der Waals surface area contributed by atoms with Crippen LogP contribution < -0.4 is 10.6 Å². The third-order valence-corrected chi connectivity index (χ3v) is 5.09. The van der Waals surface area contributed by atoms with E-state index >= 15 is 0 Å². The molecule has 112 valence electrons. The lowest BCUT2D eigenvalue weighted by Gasteiger charge is -2.36. The van der Waals surface area contributed by atoms with Gasteiger partial charge in [-0.15, -0.1) is 5.10 Å². The van der Waals surface area contributed by atoms with E-state index in [-0.39, 0.29) is 6.04 Å². The van der Waals surface area contributed by atoms with Crippen LogP contribution in [0.3, 0.4) is 0 Å². The molecule has 1 saturated heterocycles. The zero-order valence-electron chi connectivity index (χ0n) is 12.5. The van der Waals surface area contributed by atoms with Crippen LogP contribution in [0, 0.1) is 5.92 Å². The van der Waals surface area contributed by atoms with Crippen molar-refractivity contribution in [2.45, 2.75) is 70.4 Å². The Morgan fingerprint density at radius 2 is 2.05 bits per heavy atom. The molecule has 5 nitrogen and oxygen atoms in total. The van der Waals surface area contributed by atoms with E-state index in [2.05, 4.69) is 27.0 Å². The fraction of sp³-hybridized carbons (Fsp3) is 0.867. The van der Waals surface area contributed by atoms with Gasteiger partial charge in [-0.05, 0) is 32.1 Å². The van der Waals surface area contributed by atoms with E-state index in [0.29, 0.717) is 6.04 Å². The Labute approximate surface area is 121 Å². The minimum atomic E-state index is 0.240. The zero-order chi connectivity index (χ0) is 13.9. The monoisotopic (exact) mass is 277 g/mol. The molecule has 2 heterocycles. The van der Waals surface area contributed by atoms with Gasteiger partial charge in [0.1, 0.15) is 5.82 Å². The van der Waals surface area contributed by atoms with Gasteiger partial charge in [-0.3, -0.25) is 5.10 Å². The van der Waals surface area contributed by atoms with Gasteiger partial charge < -0.3 is 10.6 Å². The predicted molar refractivity (Wildman–Crippen MR) is 80.7 cm³/mol. The molecule has 2 unspecified atom stereocenters. The fourth-order valence-electron chi connectivity index (χ4n) is 3.62. The van der Waals surface area contributed by atoms with Crippen LogP contribution in [0.5, 0.6) is 0 Å². The van der Waals surface area contributed by atoms with E-state index in [1.807, 2.05) is 0 Å². The van der Waals surface area contributed by atoms with Gasteiger partial charge in [-0.2, -0.15) is 4.98 Å². The number of aryl methyl sites for hydroxylation is 1. The molecule has 2 aliphatic rings. The fourth-order valence-corrected chi connectivity index (χ4v) is 3.62. The Bertz CT molecular complexity index is 424. The summed E-state index contributed by atoms with van der Waals surface area (Å²) < 4.78 is 0. The lowest BCUT2D eigenvalue weighted by atomic mass is 9.99. The highest BCUT2D eigenvalue weighted by Gasteiger charge is 2.27. The smallest absolute Gasteiger partial charge is 0.244 e. The van der Waals surface area contributed by atoms with Crippen LogP contribution in [0.25, 0.3) is 0 Å². The molecule has 2 atom stereocenters. The first-order valence-electron chi connectivity index (χ1n) is 8.17.